The lowest BCUT2D eigenvalue weighted by atomic mass is 10.1. The standard InChI is InChI=1S/C13H10N2O/c1-16-13-8-3-2-6-11(13)12-7-4-5-10(9-14)15-12/h2-8H,1H3. The van der Waals surface area contributed by atoms with Crippen LogP contribution in [0.1, 0.15) is 5.69 Å². The Balaban J connectivity index is 2.54. The van der Waals surface area contributed by atoms with E-state index < -0.39 is 0 Å². The molecule has 3 nitrogen and oxygen atoms in total. The van der Waals surface area contributed by atoms with E-state index in [0.29, 0.717) is 5.69 Å². The Morgan fingerprint density at radius 3 is 2.69 bits per heavy atom. The molecule has 0 spiro atoms. The van der Waals surface area contributed by atoms with E-state index in [-0.39, 0.29) is 0 Å². The molecule has 0 amide bonds. The summed E-state index contributed by atoms with van der Waals surface area (Å²) in [4.78, 5) is 4.23. The van der Waals surface area contributed by atoms with Gasteiger partial charge in [0, 0.05) is 5.56 Å². The quantitative estimate of drug-likeness (QED) is 0.765. The van der Waals surface area contributed by atoms with Gasteiger partial charge < -0.3 is 4.74 Å². The fourth-order valence-corrected chi connectivity index (χ4v) is 1.50. The number of hydrogen-bond acceptors (Lipinski definition) is 3. The first-order chi connectivity index (χ1) is 7.85. The lowest BCUT2D eigenvalue weighted by Gasteiger charge is -2.07. The third kappa shape index (κ3) is 1.86. The summed E-state index contributed by atoms with van der Waals surface area (Å²) in [5.74, 6) is 0.755. The van der Waals surface area contributed by atoms with Crippen LogP contribution in [-0.2, 0) is 0 Å². The van der Waals surface area contributed by atoms with Gasteiger partial charge in [-0.05, 0) is 24.3 Å². The van der Waals surface area contributed by atoms with Crippen LogP contribution in [-0.4, -0.2) is 12.1 Å². The summed E-state index contributed by atoms with van der Waals surface area (Å²) >= 11 is 0. The molecule has 2 aromatic rings. The maximum absolute atomic E-state index is 8.79. The number of rotatable bonds is 2. The lowest BCUT2D eigenvalue weighted by Crippen LogP contribution is -1.91. The molecule has 1 heterocycles. The van der Waals surface area contributed by atoms with Crippen molar-refractivity contribution in [3.8, 4) is 23.1 Å². The second kappa shape index (κ2) is 4.45. The SMILES string of the molecule is COc1ccccc1-c1cccc(C#N)n1. The third-order valence-corrected chi connectivity index (χ3v) is 2.25. The van der Waals surface area contributed by atoms with Crippen LogP contribution in [0.2, 0.25) is 0 Å². The predicted molar refractivity (Wildman–Crippen MR) is 60.9 cm³/mol. The summed E-state index contributed by atoms with van der Waals surface area (Å²) in [6, 6.07) is 15.0. The van der Waals surface area contributed by atoms with Crippen molar-refractivity contribution in [2.75, 3.05) is 7.11 Å². The number of ether oxygens (including phenoxy) is 1. The summed E-state index contributed by atoms with van der Waals surface area (Å²) in [5, 5.41) is 8.79. The zero-order valence-corrected chi connectivity index (χ0v) is 8.84. The van der Waals surface area contributed by atoms with Crippen molar-refractivity contribution < 1.29 is 4.74 Å². The van der Waals surface area contributed by atoms with E-state index in [0.717, 1.165) is 17.0 Å². The average molecular weight is 210 g/mol. The Hall–Kier alpha value is -2.34. The predicted octanol–water partition coefficient (Wildman–Crippen LogP) is 2.63. The van der Waals surface area contributed by atoms with Crippen LogP contribution in [0.4, 0.5) is 0 Å². The highest BCUT2D eigenvalue weighted by Gasteiger charge is 2.06. The Bertz CT molecular complexity index is 544. The molecule has 0 unspecified atom stereocenters. The van der Waals surface area contributed by atoms with Gasteiger partial charge in [-0.2, -0.15) is 5.26 Å². The van der Waals surface area contributed by atoms with Crippen molar-refractivity contribution in [1.82, 2.24) is 4.98 Å². The van der Waals surface area contributed by atoms with Crippen LogP contribution in [0.25, 0.3) is 11.3 Å². The minimum atomic E-state index is 0.406. The molecule has 16 heavy (non-hydrogen) atoms. The van der Waals surface area contributed by atoms with E-state index in [9.17, 15) is 0 Å². The topological polar surface area (TPSA) is 45.9 Å². The number of hydrogen-bond donors (Lipinski definition) is 0. The normalized spacial score (nSPS) is 9.50. The number of nitriles is 1. The van der Waals surface area contributed by atoms with Gasteiger partial charge in [-0.25, -0.2) is 4.98 Å². The zero-order valence-electron chi connectivity index (χ0n) is 8.84. The number of nitrogens with zero attached hydrogens (tertiary/aromatic N) is 2. The van der Waals surface area contributed by atoms with Crippen molar-refractivity contribution >= 4 is 0 Å². The zero-order chi connectivity index (χ0) is 11.4. The molecule has 78 valence electrons. The number of aromatic nitrogens is 1. The Kier molecular flexibility index (Phi) is 2.84. The van der Waals surface area contributed by atoms with E-state index in [4.69, 9.17) is 10.00 Å². The second-order valence-electron chi connectivity index (χ2n) is 3.22. The van der Waals surface area contributed by atoms with Crippen LogP contribution >= 0.6 is 0 Å². The lowest BCUT2D eigenvalue weighted by molar-refractivity contribution is 0.416. The average Bonchev–Trinajstić information content (AvgIpc) is 2.38. The highest BCUT2D eigenvalue weighted by Crippen LogP contribution is 2.27. The number of methoxy groups -OCH3 is 1. The molecule has 0 bridgehead atoms. The van der Waals surface area contributed by atoms with Gasteiger partial charge in [-0.1, -0.05) is 18.2 Å². The Morgan fingerprint density at radius 1 is 1.12 bits per heavy atom. The molecule has 1 aromatic heterocycles. The number of pyridine rings is 1. The van der Waals surface area contributed by atoms with Crippen molar-refractivity contribution in [3.05, 3.63) is 48.2 Å². The molecule has 0 aliphatic carbocycles. The van der Waals surface area contributed by atoms with Crippen molar-refractivity contribution in [3.63, 3.8) is 0 Å². The van der Waals surface area contributed by atoms with Crippen LogP contribution in [0.3, 0.4) is 0 Å². The first kappa shape index (κ1) is 10.2. The monoisotopic (exact) mass is 210 g/mol. The summed E-state index contributed by atoms with van der Waals surface area (Å²) in [6.07, 6.45) is 0. The first-order valence-electron chi connectivity index (χ1n) is 4.85. The maximum atomic E-state index is 8.79. The maximum Gasteiger partial charge on any atom is 0.141 e. The highest BCUT2D eigenvalue weighted by atomic mass is 16.5. The third-order valence-electron chi connectivity index (χ3n) is 2.25. The minimum Gasteiger partial charge on any atom is -0.496 e. The smallest absolute Gasteiger partial charge is 0.141 e. The number of benzene rings is 1. The van der Waals surface area contributed by atoms with Crippen LogP contribution in [0, 0.1) is 11.3 Å². The van der Waals surface area contributed by atoms with Crippen molar-refractivity contribution in [2.45, 2.75) is 0 Å². The molecule has 0 aliphatic heterocycles. The van der Waals surface area contributed by atoms with Crippen LogP contribution in [0.15, 0.2) is 42.5 Å². The molecule has 2 rings (SSSR count). The molecule has 0 saturated carbocycles. The van der Waals surface area contributed by atoms with Crippen LogP contribution < -0.4 is 4.74 Å². The van der Waals surface area contributed by atoms with E-state index >= 15 is 0 Å². The van der Waals surface area contributed by atoms with Gasteiger partial charge in [0.05, 0.1) is 12.8 Å². The summed E-state index contributed by atoms with van der Waals surface area (Å²) in [6.45, 7) is 0. The highest BCUT2D eigenvalue weighted by molar-refractivity contribution is 5.67. The first-order valence-corrected chi connectivity index (χ1v) is 4.85. The van der Waals surface area contributed by atoms with Gasteiger partial charge in [0.15, 0.2) is 0 Å². The molecule has 0 atom stereocenters. The Morgan fingerprint density at radius 2 is 1.94 bits per heavy atom. The van der Waals surface area contributed by atoms with Crippen molar-refractivity contribution in [2.24, 2.45) is 0 Å². The van der Waals surface area contributed by atoms with E-state index in [2.05, 4.69) is 4.98 Å². The molecule has 0 radical (unpaired) electrons. The molecule has 0 saturated heterocycles. The van der Waals surface area contributed by atoms with Crippen molar-refractivity contribution in [1.29, 1.82) is 5.26 Å². The van der Waals surface area contributed by atoms with Gasteiger partial charge in [-0.15, -0.1) is 0 Å². The van der Waals surface area contributed by atoms with Gasteiger partial charge in [0.1, 0.15) is 17.5 Å². The fraction of sp³-hybridized carbons (Fsp3) is 0.0769. The van der Waals surface area contributed by atoms with Gasteiger partial charge in [0.25, 0.3) is 0 Å². The van der Waals surface area contributed by atoms with E-state index in [1.54, 1.807) is 13.2 Å². The molecule has 3 heteroatoms. The van der Waals surface area contributed by atoms with Crippen LogP contribution in [0.5, 0.6) is 5.75 Å². The number of para-hydroxylation sites is 1. The second-order valence-corrected chi connectivity index (χ2v) is 3.22. The fourth-order valence-electron chi connectivity index (χ4n) is 1.50. The van der Waals surface area contributed by atoms with Gasteiger partial charge in [-0.3, -0.25) is 0 Å². The molecular formula is C13H10N2O. The van der Waals surface area contributed by atoms with E-state index in [1.165, 1.54) is 0 Å². The summed E-state index contributed by atoms with van der Waals surface area (Å²) in [5.41, 5.74) is 2.04. The molecule has 0 aliphatic rings. The summed E-state index contributed by atoms with van der Waals surface area (Å²) in [7, 11) is 1.62. The molecule has 0 N–H and O–H groups in total. The van der Waals surface area contributed by atoms with Gasteiger partial charge in [0.2, 0.25) is 0 Å². The minimum absolute atomic E-state index is 0.406. The molecular weight excluding hydrogens is 200 g/mol. The van der Waals surface area contributed by atoms with E-state index in [1.807, 2.05) is 42.5 Å². The Labute approximate surface area is 93.9 Å². The largest absolute Gasteiger partial charge is 0.496 e. The molecule has 1 aromatic carbocycles. The summed E-state index contributed by atoms with van der Waals surface area (Å²) < 4.78 is 5.25. The van der Waals surface area contributed by atoms with Gasteiger partial charge >= 0.3 is 0 Å². The molecule has 0 fully saturated rings.